The lowest BCUT2D eigenvalue weighted by atomic mass is 10.0. The maximum atomic E-state index is 12.9. The van der Waals surface area contributed by atoms with E-state index in [0.29, 0.717) is 6.54 Å². The Balaban J connectivity index is 2.29. The summed E-state index contributed by atoms with van der Waals surface area (Å²) in [7, 11) is 0. The van der Waals surface area contributed by atoms with Crippen molar-refractivity contribution in [3.8, 4) is 0 Å². The van der Waals surface area contributed by atoms with Crippen molar-refractivity contribution < 1.29 is 18.0 Å². The topological polar surface area (TPSA) is 38.1 Å². The van der Waals surface area contributed by atoms with Crippen molar-refractivity contribution in [3.05, 3.63) is 16.4 Å². The van der Waals surface area contributed by atoms with E-state index in [1.54, 1.807) is 11.8 Å². The van der Waals surface area contributed by atoms with Crippen LogP contribution in [0, 0.1) is 6.92 Å². The molecule has 8 heteroatoms. The second-order valence-corrected chi connectivity index (χ2v) is 6.12. The van der Waals surface area contributed by atoms with Crippen LogP contribution in [-0.2, 0) is 11.0 Å². The summed E-state index contributed by atoms with van der Waals surface area (Å²) in [6.07, 6.45) is -1.75. The highest BCUT2D eigenvalue weighted by atomic mass is 35.5. The molecule has 1 aromatic heterocycles. The SMILES string of the molecule is Cc1c(Cl)c(C(F)(F)F)nn1[C@H](C)C(=O)N1CCCC[C@H]1C. The van der Waals surface area contributed by atoms with Gasteiger partial charge in [-0.25, -0.2) is 0 Å². The van der Waals surface area contributed by atoms with Gasteiger partial charge in [0.25, 0.3) is 0 Å². The molecule has 1 aromatic rings. The molecule has 1 aliphatic rings. The summed E-state index contributed by atoms with van der Waals surface area (Å²) >= 11 is 5.73. The number of hydrogen-bond acceptors (Lipinski definition) is 2. The number of aromatic nitrogens is 2. The first-order valence-corrected chi connectivity index (χ1v) is 7.64. The minimum absolute atomic E-state index is 0.0946. The second-order valence-electron chi connectivity index (χ2n) is 5.74. The summed E-state index contributed by atoms with van der Waals surface area (Å²) in [6, 6.07) is -0.716. The molecule has 0 N–H and O–H groups in total. The number of nitrogens with zero attached hydrogens (tertiary/aromatic N) is 3. The summed E-state index contributed by atoms with van der Waals surface area (Å²) in [5, 5.41) is 3.09. The average molecular weight is 338 g/mol. The molecule has 0 aromatic carbocycles. The molecule has 2 atom stereocenters. The maximum Gasteiger partial charge on any atom is 0.436 e. The Kier molecular flexibility index (Phi) is 4.75. The molecule has 1 saturated heterocycles. The molecule has 0 spiro atoms. The summed E-state index contributed by atoms with van der Waals surface area (Å²) in [5.74, 6) is -0.219. The van der Waals surface area contributed by atoms with Crippen molar-refractivity contribution in [2.75, 3.05) is 6.54 Å². The molecule has 0 aliphatic carbocycles. The van der Waals surface area contributed by atoms with E-state index in [4.69, 9.17) is 11.6 Å². The zero-order chi connectivity index (χ0) is 16.7. The maximum absolute atomic E-state index is 12.9. The van der Waals surface area contributed by atoms with Gasteiger partial charge in [0.15, 0.2) is 5.69 Å². The van der Waals surface area contributed by atoms with E-state index in [2.05, 4.69) is 5.10 Å². The molecule has 22 heavy (non-hydrogen) atoms. The summed E-state index contributed by atoms with van der Waals surface area (Å²) in [6.45, 7) is 5.58. The van der Waals surface area contributed by atoms with E-state index in [1.165, 1.54) is 6.92 Å². The van der Waals surface area contributed by atoms with E-state index in [0.717, 1.165) is 23.9 Å². The van der Waals surface area contributed by atoms with Gasteiger partial charge in [0.05, 0.1) is 10.7 Å². The molecule has 1 aliphatic heterocycles. The van der Waals surface area contributed by atoms with Crippen LogP contribution in [0.15, 0.2) is 0 Å². The third-order valence-electron chi connectivity index (χ3n) is 4.16. The van der Waals surface area contributed by atoms with E-state index in [-0.39, 0.29) is 17.6 Å². The lowest BCUT2D eigenvalue weighted by Crippen LogP contribution is -2.45. The third-order valence-corrected chi connectivity index (χ3v) is 4.61. The average Bonchev–Trinajstić information content (AvgIpc) is 2.74. The summed E-state index contributed by atoms with van der Waals surface area (Å²) in [5.41, 5.74) is -0.988. The first-order valence-electron chi connectivity index (χ1n) is 7.27. The molecule has 1 fully saturated rings. The van der Waals surface area contributed by atoms with Crippen LogP contribution in [-0.4, -0.2) is 33.2 Å². The lowest BCUT2D eigenvalue weighted by molar-refractivity contribution is -0.143. The van der Waals surface area contributed by atoms with Crippen molar-refractivity contribution >= 4 is 17.5 Å². The predicted octanol–water partition coefficient (Wildman–Crippen LogP) is 3.83. The largest absolute Gasteiger partial charge is 0.436 e. The molecule has 2 heterocycles. The van der Waals surface area contributed by atoms with Crippen LogP contribution in [0.5, 0.6) is 0 Å². The van der Waals surface area contributed by atoms with Crippen molar-refractivity contribution in [1.29, 1.82) is 0 Å². The highest BCUT2D eigenvalue weighted by molar-refractivity contribution is 6.32. The van der Waals surface area contributed by atoms with Crippen molar-refractivity contribution in [2.45, 2.75) is 58.3 Å². The van der Waals surface area contributed by atoms with E-state index in [9.17, 15) is 18.0 Å². The zero-order valence-corrected chi connectivity index (χ0v) is 13.5. The zero-order valence-electron chi connectivity index (χ0n) is 12.7. The molecule has 0 saturated carbocycles. The monoisotopic (exact) mass is 337 g/mol. The standard InChI is InChI=1S/C14H19ClF3N3O/c1-8-6-4-5-7-20(8)13(22)10(3)21-9(2)11(15)12(19-21)14(16,17)18/h8,10H,4-7H2,1-3H3/t8-,10-/m1/s1. The van der Waals surface area contributed by atoms with Crippen LogP contribution < -0.4 is 0 Å². The predicted molar refractivity (Wildman–Crippen MR) is 76.7 cm³/mol. The van der Waals surface area contributed by atoms with Crippen LogP contribution in [0.4, 0.5) is 13.2 Å². The number of halogens is 4. The van der Waals surface area contributed by atoms with Gasteiger partial charge < -0.3 is 4.90 Å². The molecule has 124 valence electrons. The van der Waals surface area contributed by atoms with Crippen LogP contribution in [0.1, 0.15) is 50.5 Å². The van der Waals surface area contributed by atoms with Crippen molar-refractivity contribution in [2.24, 2.45) is 0 Å². The number of carbonyl (C=O) groups excluding carboxylic acids is 1. The second kappa shape index (κ2) is 6.10. The van der Waals surface area contributed by atoms with Gasteiger partial charge in [-0.2, -0.15) is 18.3 Å². The number of hydrogen-bond donors (Lipinski definition) is 0. The Labute approximate surface area is 132 Å². The number of rotatable bonds is 2. The molecular formula is C14H19ClF3N3O. The first kappa shape index (κ1) is 17.1. The fourth-order valence-electron chi connectivity index (χ4n) is 2.83. The Morgan fingerprint density at radius 3 is 2.55 bits per heavy atom. The molecule has 0 unspecified atom stereocenters. The lowest BCUT2D eigenvalue weighted by Gasteiger charge is -2.35. The molecule has 2 rings (SSSR count). The van der Waals surface area contributed by atoms with Gasteiger partial charge in [0, 0.05) is 12.6 Å². The molecule has 4 nitrogen and oxygen atoms in total. The van der Waals surface area contributed by atoms with Gasteiger partial charge in [-0.15, -0.1) is 0 Å². The number of amides is 1. The molecule has 1 amide bonds. The van der Waals surface area contributed by atoms with Gasteiger partial charge in [-0.3, -0.25) is 9.48 Å². The minimum Gasteiger partial charge on any atom is -0.338 e. The van der Waals surface area contributed by atoms with Gasteiger partial charge in [0.2, 0.25) is 5.91 Å². The summed E-state index contributed by atoms with van der Waals surface area (Å²) in [4.78, 5) is 14.3. The van der Waals surface area contributed by atoms with Gasteiger partial charge in [0.1, 0.15) is 6.04 Å². The molecule has 0 bridgehead atoms. The smallest absolute Gasteiger partial charge is 0.338 e. The Hall–Kier alpha value is -1.24. The Bertz CT molecular complexity index is 570. The van der Waals surface area contributed by atoms with Gasteiger partial charge >= 0.3 is 6.18 Å². The fourth-order valence-corrected chi connectivity index (χ4v) is 3.06. The fraction of sp³-hybridized carbons (Fsp3) is 0.714. The normalized spacial score (nSPS) is 21.0. The van der Waals surface area contributed by atoms with E-state index in [1.807, 2.05) is 6.92 Å². The minimum atomic E-state index is -4.63. The van der Waals surface area contributed by atoms with Gasteiger partial charge in [-0.1, -0.05) is 11.6 Å². The Morgan fingerprint density at radius 1 is 1.41 bits per heavy atom. The highest BCUT2D eigenvalue weighted by Gasteiger charge is 2.39. The first-order chi connectivity index (χ1) is 10.1. The number of alkyl halides is 3. The summed E-state index contributed by atoms with van der Waals surface area (Å²) < 4.78 is 39.7. The third kappa shape index (κ3) is 3.09. The van der Waals surface area contributed by atoms with Crippen LogP contribution in [0.25, 0.3) is 0 Å². The van der Waals surface area contributed by atoms with Crippen molar-refractivity contribution in [3.63, 3.8) is 0 Å². The van der Waals surface area contributed by atoms with Gasteiger partial charge in [-0.05, 0) is 40.0 Å². The Morgan fingerprint density at radius 2 is 2.05 bits per heavy atom. The molecular weight excluding hydrogens is 319 g/mol. The van der Waals surface area contributed by atoms with Crippen molar-refractivity contribution in [1.82, 2.24) is 14.7 Å². The number of likely N-dealkylation sites (tertiary alicyclic amines) is 1. The molecule has 0 radical (unpaired) electrons. The van der Waals surface area contributed by atoms with E-state index >= 15 is 0 Å². The van der Waals surface area contributed by atoms with E-state index < -0.39 is 22.9 Å². The van der Waals surface area contributed by atoms with Crippen LogP contribution in [0.2, 0.25) is 5.02 Å². The number of carbonyl (C=O) groups is 1. The highest BCUT2D eigenvalue weighted by Crippen LogP contribution is 2.36. The quantitative estimate of drug-likeness (QED) is 0.822. The van der Waals surface area contributed by atoms with Crippen LogP contribution >= 0.6 is 11.6 Å². The number of piperidine rings is 1. The van der Waals surface area contributed by atoms with Crippen LogP contribution in [0.3, 0.4) is 0 Å².